The molecule has 1 saturated carbocycles. The molecule has 1 fully saturated rings. The Balaban J connectivity index is 1.68. The Morgan fingerprint density at radius 1 is 1.19 bits per heavy atom. The van der Waals surface area contributed by atoms with E-state index in [1.54, 1.807) is 11.6 Å². The van der Waals surface area contributed by atoms with Crippen LogP contribution in [0.4, 0.5) is 0 Å². The second-order valence-corrected chi connectivity index (χ2v) is 7.49. The van der Waals surface area contributed by atoms with Crippen LogP contribution in [0.1, 0.15) is 42.0 Å². The molecule has 1 aliphatic rings. The number of rotatable bonds is 3. The number of nitrogens with zero attached hydrogens (tertiary/aromatic N) is 6. The van der Waals surface area contributed by atoms with Crippen LogP contribution in [0.3, 0.4) is 0 Å². The first-order valence-corrected chi connectivity index (χ1v) is 9.08. The van der Waals surface area contributed by atoms with Gasteiger partial charge in [0.25, 0.3) is 0 Å². The SMILES string of the molecule is CC(=N)n1nc(-c2cc(C3CC3c3cn(C)nc3Cl)nn2C)cc(C)c1=N. The summed E-state index contributed by atoms with van der Waals surface area (Å²) in [5.74, 6) is 0.869. The van der Waals surface area contributed by atoms with Crippen LogP contribution in [0.15, 0.2) is 18.3 Å². The predicted molar refractivity (Wildman–Crippen MR) is 102 cm³/mol. The summed E-state index contributed by atoms with van der Waals surface area (Å²) in [5, 5.41) is 29.9. The van der Waals surface area contributed by atoms with E-state index in [4.69, 9.17) is 22.4 Å². The lowest BCUT2D eigenvalue weighted by atomic mass is 10.1. The maximum atomic E-state index is 8.08. The van der Waals surface area contributed by atoms with Crippen LogP contribution in [0, 0.1) is 17.7 Å². The molecule has 0 saturated heterocycles. The van der Waals surface area contributed by atoms with Gasteiger partial charge in [-0.25, -0.2) is 4.68 Å². The average molecular weight is 385 g/mol. The Kier molecular flexibility index (Phi) is 4.03. The van der Waals surface area contributed by atoms with Crippen molar-refractivity contribution in [1.82, 2.24) is 29.3 Å². The lowest BCUT2D eigenvalue weighted by Gasteiger charge is -2.08. The molecule has 8 nitrogen and oxygen atoms in total. The summed E-state index contributed by atoms with van der Waals surface area (Å²) in [6, 6.07) is 3.91. The van der Waals surface area contributed by atoms with Gasteiger partial charge < -0.3 is 0 Å². The van der Waals surface area contributed by atoms with Gasteiger partial charge in [0.15, 0.2) is 10.6 Å². The molecule has 9 heteroatoms. The normalized spacial score (nSPS) is 18.7. The second kappa shape index (κ2) is 6.16. The molecule has 1 aliphatic carbocycles. The van der Waals surface area contributed by atoms with E-state index in [1.807, 2.05) is 44.0 Å². The van der Waals surface area contributed by atoms with Gasteiger partial charge in [-0.1, -0.05) is 11.6 Å². The number of aryl methyl sites for hydroxylation is 3. The first kappa shape index (κ1) is 17.7. The van der Waals surface area contributed by atoms with Gasteiger partial charge in [-0.15, -0.1) is 0 Å². The fraction of sp³-hybridized carbons (Fsp3) is 0.389. The highest BCUT2D eigenvalue weighted by Crippen LogP contribution is 2.55. The molecule has 0 bridgehead atoms. The van der Waals surface area contributed by atoms with Crippen LogP contribution in [-0.4, -0.2) is 35.2 Å². The van der Waals surface area contributed by atoms with Gasteiger partial charge in [0.2, 0.25) is 0 Å². The third kappa shape index (κ3) is 2.99. The summed E-state index contributed by atoms with van der Waals surface area (Å²) in [5.41, 5.74) is 4.63. The Bertz CT molecular complexity index is 1120. The molecular formula is C18H21ClN8. The maximum Gasteiger partial charge on any atom is 0.154 e. The zero-order valence-corrected chi connectivity index (χ0v) is 16.4. The van der Waals surface area contributed by atoms with Crippen molar-refractivity contribution < 1.29 is 0 Å². The number of halogens is 1. The Morgan fingerprint density at radius 2 is 1.93 bits per heavy atom. The summed E-state index contributed by atoms with van der Waals surface area (Å²) in [7, 11) is 3.76. The second-order valence-electron chi connectivity index (χ2n) is 7.13. The van der Waals surface area contributed by atoms with E-state index in [0.717, 1.165) is 28.9 Å². The molecule has 2 unspecified atom stereocenters. The van der Waals surface area contributed by atoms with Crippen molar-refractivity contribution >= 4 is 17.4 Å². The largest absolute Gasteiger partial charge is 0.287 e. The molecule has 27 heavy (non-hydrogen) atoms. The quantitative estimate of drug-likeness (QED) is 0.536. The molecule has 3 aromatic rings. The van der Waals surface area contributed by atoms with Crippen molar-refractivity contribution in [1.29, 1.82) is 10.8 Å². The third-order valence-corrected chi connectivity index (χ3v) is 5.30. The zero-order chi connectivity index (χ0) is 19.5. The van der Waals surface area contributed by atoms with Crippen LogP contribution in [-0.2, 0) is 14.1 Å². The molecule has 0 radical (unpaired) electrons. The van der Waals surface area contributed by atoms with E-state index in [9.17, 15) is 0 Å². The number of hydrogen-bond donors (Lipinski definition) is 2. The Labute approximate surface area is 161 Å². The number of nitrogens with one attached hydrogen (secondary N) is 2. The summed E-state index contributed by atoms with van der Waals surface area (Å²) < 4.78 is 4.89. The van der Waals surface area contributed by atoms with E-state index in [1.165, 1.54) is 4.68 Å². The monoisotopic (exact) mass is 384 g/mol. The van der Waals surface area contributed by atoms with Crippen LogP contribution in [0.25, 0.3) is 11.4 Å². The molecule has 3 aromatic heterocycles. The van der Waals surface area contributed by atoms with Crippen molar-refractivity contribution in [2.24, 2.45) is 14.1 Å². The molecule has 3 heterocycles. The molecule has 0 aromatic carbocycles. The lowest BCUT2D eigenvalue weighted by Crippen LogP contribution is -2.29. The van der Waals surface area contributed by atoms with Gasteiger partial charge in [-0.05, 0) is 43.9 Å². The molecule has 0 spiro atoms. The summed E-state index contributed by atoms with van der Waals surface area (Å²) in [6.07, 6.45) is 2.98. The number of hydrogen-bond acceptors (Lipinski definition) is 5. The minimum absolute atomic E-state index is 0.209. The van der Waals surface area contributed by atoms with Crippen molar-refractivity contribution in [2.75, 3.05) is 0 Å². The molecule has 4 rings (SSSR count). The number of aromatic nitrogens is 6. The van der Waals surface area contributed by atoms with Gasteiger partial charge in [0.05, 0.1) is 11.4 Å². The van der Waals surface area contributed by atoms with Gasteiger partial charge in [0, 0.05) is 31.8 Å². The first-order chi connectivity index (χ1) is 12.8. The van der Waals surface area contributed by atoms with E-state index in [0.29, 0.717) is 22.7 Å². The fourth-order valence-corrected chi connectivity index (χ4v) is 3.81. The average Bonchev–Trinajstić information content (AvgIpc) is 3.18. The van der Waals surface area contributed by atoms with E-state index >= 15 is 0 Å². The summed E-state index contributed by atoms with van der Waals surface area (Å²) >= 11 is 6.24. The van der Waals surface area contributed by atoms with Gasteiger partial charge in [-0.3, -0.25) is 20.2 Å². The molecule has 140 valence electrons. The minimum Gasteiger partial charge on any atom is -0.287 e. The van der Waals surface area contributed by atoms with Gasteiger partial charge >= 0.3 is 0 Å². The Hall–Kier alpha value is -2.74. The fourth-order valence-electron chi connectivity index (χ4n) is 3.50. The third-order valence-electron chi connectivity index (χ3n) is 5.00. The van der Waals surface area contributed by atoms with Crippen molar-refractivity contribution in [3.63, 3.8) is 0 Å². The maximum absolute atomic E-state index is 8.08. The Morgan fingerprint density at radius 3 is 2.56 bits per heavy atom. The smallest absolute Gasteiger partial charge is 0.154 e. The molecular weight excluding hydrogens is 364 g/mol. The van der Waals surface area contributed by atoms with Crippen LogP contribution in [0.2, 0.25) is 5.15 Å². The van der Waals surface area contributed by atoms with Gasteiger partial charge in [0.1, 0.15) is 11.5 Å². The highest BCUT2D eigenvalue weighted by Gasteiger charge is 2.43. The van der Waals surface area contributed by atoms with Crippen LogP contribution in [0.5, 0.6) is 0 Å². The van der Waals surface area contributed by atoms with Crippen molar-refractivity contribution in [3.8, 4) is 11.4 Å². The standard InChI is InChI=1S/C18H21ClN8/c1-9-5-15(23-27(10(2)20)18(9)21)16-7-14(22-26(16)4)12-6-11(12)13-8-25(3)24-17(13)19/h5,7-8,11-12,20-21H,6H2,1-4H3. The van der Waals surface area contributed by atoms with Crippen molar-refractivity contribution in [3.05, 3.63) is 45.8 Å². The summed E-state index contributed by atoms with van der Waals surface area (Å²) in [4.78, 5) is 0. The van der Waals surface area contributed by atoms with Crippen LogP contribution < -0.4 is 5.49 Å². The van der Waals surface area contributed by atoms with Gasteiger partial charge in [-0.2, -0.15) is 15.3 Å². The van der Waals surface area contributed by atoms with E-state index < -0.39 is 0 Å². The molecule has 2 atom stereocenters. The van der Waals surface area contributed by atoms with Crippen molar-refractivity contribution in [2.45, 2.75) is 32.1 Å². The molecule has 2 N–H and O–H groups in total. The highest BCUT2D eigenvalue weighted by molar-refractivity contribution is 6.30. The van der Waals surface area contributed by atoms with E-state index in [2.05, 4.69) is 15.3 Å². The lowest BCUT2D eigenvalue weighted by molar-refractivity contribution is 0.735. The molecule has 0 aliphatic heterocycles. The highest BCUT2D eigenvalue weighted by atomic mass is 35.5. The zero-order valence-electron chi connectivity index (χ0n) is 15.7. The minimum atomic E-state index is 0.209. The topological polar surface area (TPSA) is 101 Å². The predicted octanol–water partition coefficient (Wildman–Crippen LogP) is 2.57. The summed E-state index contributed by atoms with van der Waals surface area (Å²) in [6.45, 7) is 3.47. The van der Waals surface area contributed by atoms with Crippen LogP contribution >= 0.6 is 11.6 Å². The first-order valence-electron chi connectivity index (χ1n) is 8.70. The molecule has 0 amide bonds. The van der Waals surface area contributed by atoms with E-state index in [-0.39, 0.29) is 11.3 Å².